The molecule has 5 nitrogen and oxygen atoms in total. The van der Waals surface area contributed by atoms with E-state index in [-0.39, 0.29) is 5.41 Å². The molecule has 1 aromatic heterocycles. The first-order valence-corrected chi connectivity index (χ1v) is 9.47. The molecule has 140 valence electrons. The second-order valence-electron chi connectivity index (χ2n) is 7.67. The summed E-state index contributed by atoms with van der Waals surface area (Å²) in [6.07, 6.45) is 5.23. The van der Waals surface area contributed by atoms with Gasteiger partial charge in [-0.3, -0.25) is 9.67 Å². The number of aryl methyl sites for hydroxylation is 1. The molecule has 0 radical (unpaired) electrons. The maximum atomic E-state index is 6.02. The van der Waals surface area contributed by atoms with Crippen molar-refractivity contribution in [2.45, 2.75) is 31.6 Å². The lowest BCUT2D eigenvalue weighted by Crippen LogP contribution is -2.45. The molecule has 1 N–H and O–H groups in total. The number of rotatable bonds is 4. The fraction of sp³-hybridized carbons (Fsp3) is 0.500. The molecule has 1 aromatic carbocycles. The maximum absolute atomic E-state index is 6.02. The van der Waals surface area contributed by atoms with Gasteiger partial charge in [0.05, 0.1) is 6.20 Å². The number of hydrogen-bond donors (Lipinski definition) is 1. The van der Waals surface area contributed by atoms with Crippen molar-refractivity contribution in [3.05, 3.63) is 52.8 Å². The van der Waals surface area contributed by atoms with E-state index < -0.39 is 0 Å². The summed E-state index contributed by atoms with van der Waals surface area (Å²) < 4.78 is 1.87. The first-order chi connectivity index (χ1) is 12.4. The number of halogens is 1. The summed E-state index contributed by atoms with van der Waals surface area (Å²) in [5.74, 6) is 1.49. The molecule has 0 aliphatic carbocycles. The minimum absolute atomic E-state index is 0.0109. The number of hydrogen-bond acceptors (Lipinski definition) is 2. The highest BCUT2D eigenvalue weighted by atomic mass is 35.5. The molecule has 1 aliphatic heterocycles. The van der Waals surface area contributed by atoms with E-state index in [0.717, 1.165) is 37.0 Å². The zero-order valence-electron chi connectivity index (χ0n) is 16.0. The van der Waals surface area contributed by atoms with Crippen LogP contribution in [0.1, 0.15) is 37.3 Å². The van der Waals surface area contributed by atoms with Crippen molar-refractivity contribution in [3.63, 3.8) is 0 Å². The molecule has 6 heteroatoms. The molecular weight excluding hydrogens is 346 g/mol. The summed E-state index contributed by atoms with van der Waals surface area (Å²) in [5.41, 5.74) is 2.56. The second-order valence-corrected chi connectivity index (χ2v) is 8.11. The number of aliphatic imine (C=N–C) groups is 1. The van der Waals surface area contributed by atoms with Crippen molar-refractivity contribution in [2.75, 3.05) is 26.7 Å². The van der Waals surface area contributed by atoms with Crippen LogP contribution >= 0.6 is 11.6 Å². The number of nitrogens with zero attached hydrogens (tertiary/aromatic N) is 4. The first kappa shape index (κ1) is 18.8. The summed E-state index contributed by atoms with van der Waals surface area (Å²) in [6.45, 7) is 7.28. The molecule has 0 amide bonds. The van der Waals surface area contributed by atoms with Crippen molar-refractivity contribution >= 4 is 17.6 Å². The Balaban J connectivity index is 1.60. The van der Waals surface area contributed by atoms with Crippen molar-refractivity contribution < 1.29 is 0 Å². The average Bonchev–Trinajstić information content (AvgIpc) is 3.25. The summed E-state index contributed by atoms with van der Waals surface area (Å²) in [5, 5.41) is 8.64. The minimum atomic E-state index is -0.0109. The van der Waals surface area contributed by atoms with Crippen LogP contribution in [0.2, 0.25) is 5.02 Å². The molecule has 1 atom stereocenters. The van der Waals surface area contributed by atoms with Crippen LogP contribution in [-0.4, -0.2) is 47.3 Å². The molecule has 0 bridgehead atoms. The number of likely N-dealkylation sites (tertiary alicyclic amines) is 1. The van der Waals surface area contributed by atoms with E-state index in [1.54, 1.807) is 0 Å². The van der Waals surface area contributed by atoms with Crippen molar-refractivity contribution in [2.24, 2.45) is 12.0 Å². The van der Waals surface area contributed by atoms with Gasteiger partial charge in [0.2, 0.25) is 0 Å². The predicted octanol–water partition coefficient (Wildman–Crippen LogP) is 3.42. The lowest BCUT2D eigenvalue weighted by Gasteiger charge is -2.29. The lowest BCUT2D eigenvalue weighted by molar-refractivity contribution is 0.454. The largest absolute Gasteiger partial charge is 0.355 e. The van der Waals surface area contributed by atoms with Gasteiger partial charge in [0.25, 0.3) is 0 Å². The molecule has 1 unspecified atom stereocenters. The van der Waals surface area contributed by atoms with Gasteiger partial charge in [0, 0.05) is 56.3 Å². The smallest absolute Gasteiger partial charge is 0.193 e. The Kier molecular flexibility index (Phi) is 5.56. The topological polar surface area (TPSA) is 45.5 Å². The third-order valence-electron chi connectivity index (χ3n) is 5.21. The van der Waals surface area contributed by atoms with E-state index in [9.17, 15) is 0 Å². The van der Waals surface area contributed by atoms with Crippen LogP contribution in [-0.2, 0) is 12.5 Å². The summed E-state index contributed by atoms with van der Waals surface area (Å²) in [4.78, 5) is 6.85. The maximum Gasteiger partial charge on any atom is 0.193 e. The van der Waals surface area contributed by atoms with E-state index in [1.807, 2.05) is 37.1 Å². The third kappa shape index (κ3) is 4.21. The highest BCUT2D eigenvalue weighted by Gasteiger charge is 2.28. The van der Waals surface area contributed by atoms with Crippen LogP contribution in [0.5, 0.6) is 0 Å². The summed E-state index contributed by atoms with van der Waals surface area (Å²) >= 11 is 6.02. The standard InChI is InChI=1S/C20H28ClN5/c1-20(2,17-5-7-18(21)8-6-17)14-23-19(22-3)26-10-9-15(13-26)16-11-24-25(4)12-16/h5-8,11-12,15H,9-10,13-14H2,1-4H3,(H,22,23). The molecule has 26 heavy (non-hydrogen) atoms. The van der Waals surface area contributed by atoms with Gasteiger partial charge in [-0.15, -0.1) is 0 Å². The Bertz CT molecular complexity index is 763. The SMILES string of the molecule is CN=C(NCC(C)(C)c1ccc(Cl)cc1)N1CCC(c2cnn(C)c2)C1. The van der Waals surface area contributed by atoms with E-state index in [4.69, 9.17) is 11.6 Å². The number of guanidine groups is 1. The van der Waals surface area contributed by atoms with Crippen LogP contribution in [0.15, 0.2) is 41.7 Å². The van der Waals surface area contributed by atoms with E-state index >= 15 is 0 Å². The summed E-state index contributed by atoms with van der Waals surface area (Å²) in [7, 11) is 3.82. The summed E-state index contributed by atoms with van der Waals surface area (Å²) in [6, 6.07) is 8.10. The molecule has 0 spiro atoms. The molecule has 2 aromatic rings. The first-order valence-electron chi connectivity index (χ1n) is 9.09. The third-order valence-corrected chi connectivity index (χ3v) is 5.46. The minimum Gasteiger partial charge on any atom is -0.355 e. The molecule has 1 saturated heterocycles. The van der Waals surface area contributed by atoms with Crippen LogP contribution in [0, 0.1) is 0 Å². The molecule has 1 fully saturated rings. The van der Waals surface area contributed by atoms with Gasteiger partial charge < -0.3 is 10.2 Å². The van der Waals surface area contributed by atoms with E-state index in [0.29, 0.717) is 5.92 Å². The highest BCUT2D eigenvalue weighted by Crippen LogP contribution is 2.27. The average molecular weight is 374 g/mol. The Labute approximate surface area is 161 Å². The molecule has 3 rings (SSSR count). The molecule has 1 aliphatic rings. The van der Waals surface area contributed by atoms with E-state index in [2.05, 4.69) is 52.5 Å². The van der Waals surface area contributed by atoms with Gasteiger partial charge >= 0.3 is 0 Å². The predicted molar refractivity (Wildman–Crippen MR) is 108 cm³/mol. The normalized spacial score (nSPS) is 18.4. The van der Waals surface area contributed by atoms with E-state index in [1.165, 1.54) is 11.1 Å². The van der Waals surface area contributed by atoms with Crippen molar-refractivity contribution in [1.82, 2.24) is 20.0 Å². The highest BCUT2D eigenvalue weighted by molar-refractivity contribution is 6.30. The van der Waals surface area contributed by atoms with Gasteiger partial charge in [-0.25, -0.2) is 0 Å². The fourth-order valence-electron chi connectivity index (χ4n) is 3.51. The Morgan fingerprint density at radius 1 is 1.35 bits per heavy atom. The van der Waals surface area contributed by atoms with Crippen molar-refractivity contribution in [1.29, 1.82) is 0 Å². The Morgan fingerprint density at radius 2 is 2.08 bits per heavy atom. The number of nitrogens with one attached hydrogen (secondary N) is 1. The number of aromatic nitrogens is 2. The molecular formula is C20H28ClN5. The number of benzene rings is 1. The monoisotopic (exact) mass is 373 g/mol. The fourth-order valence-corrected chi connectivity index (χ4v) is 3.64. The van der Waals surface area contributed by atoms with Crippen LogP contribution in [0.25, 0.3) is 0 Å². The Hall–Kier alpha value is -2.01. The quantitative estimate of drug-likeness (QED) is 0.659. The molecule has 2 heterocycles. The van der Waals surface area contributed by atoms with Crippen LogP contribution in [0.4, 0.5) is 0 Å². The van der Waals surface area contributed by atoms with Crippen molar-refractivity contribution in [3.8, 4) is 0 Å². The Morgan fingerprint density at radius 3 is 2.69 bits per heavy atom. The van der Waals surface area contributed by atoms with Gasteiger partial charge in [-0.1, -0.05) is 37.6 Å². The zero-order chi connectivity index (χ0) is 18.7. The zero-order valence-corrected chi connectivity index (χ0v) is 16.8. The van der Waals surface area contributed by atoms with Gasteiger partial charge in [-0.05, 0) is 29.7 Å². The van der Waals surface area contributed by atoms with Gasteiger partial charge in [0.1, 0.15) is 0 Å². The van der Waals surface area contributed by atoms with Crippen LogP contribution in [0.3, 0.4) is 0 Å². The lowest BCUT2D eigenvalue weighted by atomic mass is 9.85. The van der Waals surface area contributed by atoms with Crippen LogP contribution < -0.4 is 5.32 Å². The van der Waals surface area contributed by atoms with Gasteiger partial charge in [-0.2, -0.15) is 5.10 Å². The van der Waals surface area contributed by atoms with Gasteiger partial charge in [0.15, 0.2) is 5.96 Å². The molecule has 0 saturated carbocycles. The second kappa shape index (κ2) is 7.70.